The number of nitrogens with zero attached hydrogens (tertiary/aromatic N) is 3. The first kappa shape index (κ1) is 13.2. The van der Waals surface area contributed by atoms with Gasteiger partial charge >= 0.3 is 0 Å². The minimum atomic E-state index is 0.344. The van der Waals surface area contributed by atoms with Crippen LogP contribution in [-0.4, -0.2) is 16.2 Å². The lowest BCUT2D eigenvalue weighted by atomic mass is 10.2. The molecular formula is C15H17N3O. The summed E-state index contributed by atoms with van der Waals surface area (Å²) in [5, 5.41) is 8.79. The molecule has 0 unspecified atom stereocenters. The van der Waals surface area contributed by atoms with Crippen LogP contribution in [0.5, 0.6) is 5.75 Å². The van der Waals surface area contributed by atoms with E-state index < -0.39 is 0 Å². The minimum absolute atomic E-state index is 0.344. The van der Waals surface area contributed by atoms with E-state index in [2.05, 4.69) is 11.1 Å². The van der Waals surface area contributed by atoms with E-state index in [0.29, 0.717) is 13.0 Å². The van der Waals surface area contributed by atoms with E-state index in [4.69, 9.17) is 10.00 Å². The van der Waals surface area contributed by atoms with E-state index in [1.807, 2.05) is 49.7 Å². The lowest BCUT2D eigenvalue weighted by Crippen LogP contribution is -1.95. The molecule has 0 N–H and O–H groups in total. The Morgan fingerprint density at radius 1 is 1.32 bits per heavy atom. The van der Waals surface area contributed by atoms with Gasteiger partial charge in [-0.2, -0.15) is 5.26 Å². The predicted octanol–water partition coefficient (Wildman–Crippen LogP) is 2.86. The van der Waals surface area contributed by atoms with Crippen LogP contribution < -0.4 is 4.74 Å². The second kappa shape index (κ2) is 5.57. The van der Waals surface area contributed by atoms with Gasteiger partial charge in [0.2, 0.25) is 0 Å². The van der Waals surface area contributed by atoms with Crippen molar-refractivity contribution in [3.63, 3.8) is 0 Å². The molecule has 19 heavy (non-hydrogen) atoms. The number of nitriles is 1. The van der Waals surface area contributed by atoms with Crippen molar-refractivity contribution in [3.05, 3.63) is 35.7 Å². The molecule has 1 aromatic carbocycles. The van der Waals surface area contributed by atoms with E-state index >= 15 is 0 Å². The Morgan fingerprint density at radius 2 is 2.00 bits per heavy atom. The maximum Gasteiger partial charge on any atom is 0.140 e. The van der Waals surface area contributed by atoms with E-state index in [1.54, 1.807) is 0 Å². The zero-order chi connectivity index (χ0) is 13.8. The molecule has 0 saturated heterocycles. The quantitative estimate of drug-likeness (QED) is 0.844. The number of ether oxygens (including phenoxy) is 1. The van der Waals surface area contributed by atoms with Gasteiger partial charge in [-0.25, -0.2) is 4.98 Å². The van der Waals surface area contributed by atoms with Crippen molar-refractivity contribution >= 4 is 0 Å². The molecule has 0 bridgehead atoms. The van der Waals surface area contributed by atoms with E-state index in [1.165, 1.54) is 0 Å². The summed E-state index contributed by atoms with van der Waals surface area (Å²) in [7, 11) is 1.97. The van der Waals surface area contributed by atoms with Crippen LogP contribution in [-0.2, 0) is 13.5 Å². The van der Waals surface area contributed by atoms with Crippen molar-refractivity contribution in [3.8, 4) is 23.2 Å². The second-order valence-electron chi connectivity index (χ2n) is 4.32. The third-order valence-electron chi connectivity index (χ3n) is 3.15. The highest BCUT2D eigenvalue weighted by molar-refractivity contribution is 5.58. The highest BCUT2D eigenvalue weighted by Crippen LogP contribution is 2.23. The maximum atomic E-state index is 8.79. The van der Waals surface area contributed by atoms with Gasteiger partial charge < -0.3 is 9.30 Å². The smallest absolute Gasteiger partial charge is 0.140 e. The van der Waals surface area contributed by atoms with E-state index in [0.717, 1.165) is 28.5 Å². The van der Waals surface area contributed by atoms with Crippen LogP contribution >= 0.6 is 0 Å². The van der Waals surface area contributed by atoms with Crippen molar-refractivity contribution in [2.75, 3.05) is 6.61 Å². The van der Waals surface area contributed by atoms with Crippen LogP contribution in [0.25, 0.3) is 11.4 Å². The highest BCUT2D eigenvalue weighted by Gasteiger charge is 2.12. The summed E-state index contributed by atoms with van der Waals surface area (Å²) in [6, 6.07) is 10.00. The van der Waals surface area contributed by atoms with Crippen molar-refractivity contribution in [1.29, 1.82) is 5.26 Å². The predicted molar refractivity (Wildman–Crippen MR) is 73.9 cm³/mol. The molecule has 0 aliphatic carbocycles. The van der Waals surface area contributed by atoms with Gasteiger partial charge in [-0.1, -0.05) is 0 Å². The van der Waals surface area contributed by atoms with Gasteiger partial charge in [0.1, 0.15) is 11.6 Å². The fourth-order valence-corrected chi connectivity index (χ4v) is 2.00. The molecule has 1 heterocycles. The van der Waals surface area contributed by atoms with Gasteiger partial charge in [-0.05, 0) is 38.1 Å². The lowest BCUT2D eigenvalue weighted by Gasteiger charge is -2.05. The third-order valence-corrected chi connectivity index (χ3v) is 3.15. The summed E-state index contributed by atoms with van der Waals surface area (Å²) in [4.78, 5) is 4.54. The highest BCUT2D eigenvalue weighted by atomic mass is 16.5. The lowest BCUT2D eigenvalue weighted by molar-refractivity contribution is 0.340. The number of hydrogen-bond acceptors (Lipinski definition) is 3. The first-order valence-electron chi connectivity index (χ1n) is 6.29. The van der Waals surface area contributed by atoms with Gasteiger partial charge in [0.05, 0.1) is 24.8 Å². The molecule has 4 nitrogen and oxygen atoms in total. The first-order chi connectivity index (χ1) is 9.17. The van der Waals surface area contributed by atoms with Gasteiger partial charge in [0.25, 0.3) is 0 Å². The van der Waals surface area contributed by atoms with Gasteiger partial charge in [0.15, 0.2) is 0 Å². The Kier molecular flexibility index (Phi) is 3.86. The summed E-state index contributed by atoms with van der Waals surface area (Å²) in [5.41, 5.74) is 2.90. The second-order valence-corrected chi connectivity index (χ2v) is 4.32. The normalized spacial score (nSPS) is 10.2. The third kappa shape index (κ3) is 2.60. The molecule has 4 heteroatoms. The zero-order valence-corrected chi connectivity index (χ0v) is 11.5. The Balaban J connectivity index is 2.36. The molecule has 0 spiro atoms. The number of imidazole rings is 1. The summed E-state index contributed by atoms with van der Waals surface area (Å²) in [6.07, 6.45) is 0.344. The Bertz CT molecular complexity index is 606. The topological polar surface area (TPSA) is 50.8 Å². The Morgan fingerprint density at radius 3 is 2.58 bits per heavy atom. The van der Waals surface area contributed by atoms with Crippen molar-refractivity contribution in [2.45, 2.75) is 20.3 Å². The molecule has 0 amide bonds. The molecule has 0 aliphatic rings. The van der Waals surface area contributed by atoms with Crippen LogP contribution in [0, 0.1) is 18.3 Å². The number of benzene rings is 1. The maximum absolute atomic E-state index is 8.79. The SMILES string of the molecule is CCOc1ccc(-c2nc(CC#N)c(C)n2C)cc1. The van der Waals surface area contributed by atoms with Crippen molar-refractivity contribution in [1.82, 2.24) is 9.55 Å². The van der Waals surface area contributed by atoms with Crippen LogP contribution in [0.15, 0.2) is 24.3 Å². The van der Waals surface area contributed by atoms with Crippen LogP contribution in [0.1, 0.15) is 18.3 Å². The molecule has 0 radical (unpaired) electrons. The Labute approximate surface area is 113 Å². The summed E-state index contributed by atoms with van der Waals surface area (Å²) in [6.45, 7) is 4.61. The van der Waals surface area contributed by atoms with Crippen LogP contribution in [0.2, 0.25) is 0 Å². The van der Waals surface area contributed by atoms with Crippen molar-refractivity contribution < 1.29 is 4.74 Å². The van der Waals surface area contributed by atoms with Crippen LogP contribution in [0.3, 0.4) is 0 Å². The van der Waals surface area contributed by atoms with E-state index in [9.17, 15) is 0 Å². The molecule has 0 atom stereocenters. The molecule has 0 fully saturated rings. The summed E-state index contributed by atoms with van der Waals surface area (Å²) in [5.74, 6) is 1.74. The number of aromatic nitrogens is 2. The van der Waals surface area contributed by atoms with Gasteiger partial charge in [0, 0.05) is 18.3 Å². The van der Waals surface area contributed by atoms with Gasteiger partial charge in [-0.3, -0.25) is 0 Å². The molecule has 2 aromatic rings. The fraction of sp³-hybridized carbons (Fsp3) is 0.333. The monoisotopic (exact) mass is 255 g/mol. The molecule has 98 valence electrons. The standard InChI is InChI=1S/C15H17N3O/c1-4-19-13-7-5-12(6-8-13)15-17-14(9-10-16)11(2)18(15)3/h5-8H,4,9H2,1-3H3. The summed E-state index contributed by atoms with van der Waals surface area (Å²) >= 11 is 0. The van der Waals surface area contributed by atoms with Crippen molar-refractivity contribution in [2.24, 2.45) is 7.05 Å². The van der Waals surface area contributed by atoms with E-state index in [-0.39, 0.29) is 0 Å². The average molecular weight is 255 g/mol. The zero-order valence-electron chi connectivity index (χ0n) is 11.5. The fourth-order valence-electron chi connectivity index (χ4n) is 2.00. The molecule has 0 aliphatic heterocycles. The first-order valence-corrected chi connectivity index (χ1v) is 6.29. The number of rotatable bonds is 4. The summed E-state index contributed by atoms with van der Waals surface area (Å²) < 4.78 is 7.44. The van der Waals surface area contributed by atoms with Crippen LogP contribution in [0.4, 0.5) is 0 Å². The van der Waals surface area contributed by atoms with Gasteiger partial charge in [-0.15, -0.1) is 0 Å². The number of hydrogen-bond donors (Lipinski definition) is 0. The molecule has 1 aromatic heterocycles. The largest absolute Gasteiger partial charge is 0.494 e. The molecule has 0 saturated carbocycles. The molecule has 2 rings (SSSR count). The average Bonchev–Trinajstić information content (AvgIpc) is 2.69. The Hall–Kier alpha value is -2.28. The minimum Gasteiger partial charge on any atom is -0.494 e. The molecular weight excluding hydrogens is 238 g/mol.